The van der Waals surface area contributed by atoms with Gasteiger partial charge in [-0.2, -0.15) is 0 Å². The van der Waals surface area contributed by atoms with Crippen LogP contribution in [0.15, 0.2) is 36.4 Å². The molecule has 0 unspecified atom stereocenters. The molecule has 1 aliphatic carbocycles. The highest BCUT2D eigenvalue weighted by Gasteiger charge is 2.22. The van der Waals surface area contributed by atoms with Crippen molar-refractivity contribution >= 4 is 22.4 Å². The first kappa shape index (κ1) is 12.0. The second-order valence-corrected chi connectivity index (χ2v) is 4.85. The Morgan fingerprint density at radius 1 is 1.21 bits per heavy atom. The molecule has 3 heteroatoms. The number of hydrogen-bond acceptors (Lipinski definition) is 3. The van der Waals surface area contributed by atoms with E-state index in [-0.39, 0.29) is 5.97 Å². The van der Waals surface area contributed by atoms with Gasteiger partial charge >= 0.3 is 5.97 Å². The van der Waals surface area contributed by atoms with Crippen molar-refractivity contribution in [3.05, 3.63) is 42.0 Å². The predicted molar refractivity (Wildman–Crippen MR) is 76.5 cm³/mol. The molecule has 98 valence electrons. The molecule has 0 amide bonds. The lowest BCUT2D eigenvalue weighted by atomic mass is 10.0. The summed E-state index contributed by atoms with van der Waals surface area (Å²) in [5.74, 6) is -0.253. The van der Waals surface area contributed by atoms with Gasteiger partial charge in [-0.3, -0.25) is 0 Å². The molecule has 1 saturated carbocycles. The van der Waals surface area contributed by atoms with Crippen molar-refractivity contribution in [2.24, 2.45) is 0 Å². The molecule has 0 saturated heterocycles. The Kier molecular flexibility index (Phi) is 3.11. The van der Waals surface area contributed by atoms with E-state index < -0.39 is 0 Å². The summed E-state index contributed by atoms with van der Waals surface area (Å²) in [5, 5.41) is 5.54. The molecule has 1 fully saturated rings. The first-order valence-corrected chi connectivity index (χ1v) is 6.75. The highest BCUT2D eigenvalue weighted by atomic mass is 16.5. The second-order valence-electron chi connectivity index (χ2n) is 4.85. The van der Waals surface area contributed by atoms with Crippen molar-refractivity contribution in [2.75, 3.05) is 11.9 Å². The molecule has 1 N–H and O–H groups in total. The van der Waals surface area contributed by atoms with Gasteiger partial charge in [-0.05, 0) is 37.3 Å². The number of carbonyl (C=O) groups is 1. The molecular formula is C16H17NO2. The Morgan fingerprint density at radius 3 is 2.63 bits per heavy atom. The predicted octanol–water partition coefficient (Wildman–Crippen LogP) is 3.59. The van der Waals surface area contributed by atoms with Gasteiger partial charge in [0.25, 0.3) is 0 Å². The molecule has 0 bridgehead atoms. The minimum Gasteiger partial charge on any atom is -0.462 e. The van der Waals surface area contributed by atoms with Crippen LogP contribution in [0.3, 0.4) is 0 Å². The number of carbonyl (C=O) groups excluding carboxylic acids is 1. The Balaban J connectivity index is 2.07. The average Bonchev–Trinajstić information content (AvgIpc) is 3.23. The van der Waals surface area contributed by atoms with Gasteiger partial charge in [0, 0.05) is 17.1 Å². The Morgan fingerprint density at radius 2 is 1.95 bits per heavy atom. The van der Waals surface area contributed by atoms with E-state index in [1.807, 2.05) is 43.3 Å². The largest absolute Gasteiger partial charge is 0.462 e. The summed E-state index contributed by atoms with van der Waals surface area (Å²) in [4.78, 5) is 12.0. The molecule has 0 aliphatic heterocycles. The molecule has 0 radical (unpaired) electrons. The third kappa shape index (κ3) is 2.41. The molecule has 0 spiro atoms. The maximum atomic E-state index is 12.0. The lowest BCUT2D eigenvalue weighted by Crippen LogP contribution is -2.07. The number of esters is 1. The summed E-state index contributed by atoms with van der Waals surface area (Å²) < 4.78 is 5.11. The van der Waals surface area contributed by atoms with Crippen molar-refractivity contribution in [1.82, 2.24) is 0 Å². The topological polar surface area (TPSA) is 38.3 Å². The summed E-state index contributed by atoms with van der Waals surface area (Å²) in [5.41, 5.74) is 1.74. The van der Waals surface area contributed by atoms with Crippen LogP contribution in [-0.2, 0) is 4.74 Å². The van der Waals surface area contributed by atoms with Crippen LogP contribution in [0.1, 0.15) is 30.1 Å². The molecule has 0 aromatic heterocycles. The van der Waals surface area contributed by atoms with E-state index in [9.17, 15) is 4.79 Å². The molecular weight excluding hydrogens is 238 g/mol. The molecule has 0 heterocycles. The third-order valence-corrected chi connectivity index (χ3v) is 3.36. The van der Waals surface area contributed by atoms with Gasteiger partial charge in [0.15, 0.2) is 0 Å². The third-order valence-electron chi connectivity index (χ3n) is 3.36. The number of ether oxygens (including phenoxy) is 1. The van der Waals surface area contributed by atoms with Crippen LogP contribution < -0.4 is 5.32 Å². The number of nitrogens with one attached hydrogen (secondary N) is 1. The van der Waals surface area contributed by atoms with Crippen LogP contribution in [0.5, 0.6) is 0 Å². The van der Waals surface area contributed by atoms with Crippen LogP contribution in [0, 0.1) is 0 Å². The van der Waals surface area contributed by atoms with Gasteiger partial charge in [0.05, 0.1) is 12.2 Å². The normalized spacial score (nSPS) is 14.4. The van der Waals surface area contributed by atoms with Gasteiger partial charge < -0.3 is 10.1 Å². The minimum atomic E-state index is -0.253. The van der Waals surface area contributed by atoms with Crippen molar-refractivity contribution in [2.45, 2.75) is 25.8 Å². The average molecular weight is 255 g/mol. The quantitative estimate of drug-likeness (QED) is 0.848. The van der Waals surface area contributed by atoms with Crippen LogP contribution in [0.4, 0.5) is 5.69 Å². The Labute approximate surface area is 112 Å². The van der Waals surface area contributed by atoms with E-state index in [2.05, 4.69) is 5.32 Å². The fourth-order valence-electron chi connectivity index (χ4n) is 2.26. The van der Waals surface area contributed by atoms with E-state index in [1.165, 1.54) is 12.8 Å². The summed E-state index contributed by atoms with van der Waals surface area (Å²) >= 11 is 0. The van der Waals surface area contributed by atoms with Gasteiger partial charge in [-0.25, -0.2) is 4.79 Å². The molecule has 2 aromatic carbocycles. The monoisotopic (exact) mass is 255 g/mol. The van der Waals surface area contributed by atoms with Crippen molar-refractivity contribution < 1.29 is 9.53 Å². The Bertz CT molecular complexity index is 617. The molecule has 19 heavy (non-hydrogen) atoms. The summed E-state index contributed by atoms with van der Waals surface area (Å²) in [6.07, 6.45) is 2.46. The number of rotatable bonds is 4. The highest BCUT2D eigenvalue weighted by Crippen LogP contribution is 2.31. The van der Waals surface area contributed by atoms with E-state index >= 15 is 0 Å². The van der Waals surface area contributed by atoms with Gasteiger partial charge in [-0.15, -0.1) is 0 Å². The van der Waals surface area contributed by atoms with Crippen LogP contribution in [0.25, 0.3) is 10.8 Å². The summed E-state index contributed by atoms with van der Waals surface area (Å²) in [6, 6.07) is 12.4. The smallest absolute Gasteiger partial charge is 0.338 e. The lowest BCUT2D eigenvalue weighted by molar-refractivity contribution is 0.0529. The number of hydrogen-bond donors (Lipinski definition) is 1. The molecule has 3 rings (SSSR count). The van der Waals surface area contributed by atoms with E-state index in [1.54, 1.807) is 0 Å². The Hall–Kier alpha value is -2.03. The van der Waals surface area contributed by atoms with Gasteiger partial charge in [0.2, 0.25) is 0 Å². The number of fused-ring (bicyclic) bond motifs is 1. The van der Waals surface area contributed by atoms with Crippen molar-refractivity contribution in [1.29, 1.82) is 0 Å². The minimum absolute atomic E-state index is 0.253. The molecule has 1 aliphatic rings. The van der Waals surface area contributed by atoms with E-state index in [0.29, 0.717) is 18.2 Å². The van der Waals surface area contributed by atoms with Gasteiger partial charge in [-0.1, -0.05) is 24.3 Å². The summed E-state index contributed by atoms with van der Waals surface area (Å²) in [7, 11) is 0. The van der Waals surface area contributed by atoms with Crippen LogP contribution in [0.2, 0.25) is 0 Å². The SMILES string of the molecule is CCOC(=O)c1ccc(NC2CC2)c2ccccc12. The van der Waals surface area contributed by atoms with Gasteiger partial charge in [0.1, 0.15) is 0 Å². The highest BCUT2D eigenvalue weighted by molar-refractivity contribution is 6.08. The maximum absolute atomic E-state index is 12.0. The van der Waals surface area contributed by atoms with E-state index in [0.717, 1.165) is 16.5 Å². The number of benzene rings is 2. The zero-order valence-corrected chi connectivity index (χ0v) is 11.0. The second kappa shape index (κ2) is 4.92. The molecule has 2 aromatic rings. The van der Waals surface area contributed by atoms with Crippen LogP contribution in [-0.4, -0.2) is 18.6 Å². The fraction of sp³-hybridized carbons (Fsp3) is 0.312. The molecule has 3 nitrogen and oxygen atoms in total. The standard InChI is InChI=1S/C16H17NO2/c1-2-19-16(18)14-9-10-15(17-11-7-8-11)13-6-4-3-5-12(13)14/h3-6,9-11,17H,2,7-8H2,1H3. The van der Waals surface area contributed by atoms with Crippen LogP contribution >= 0.6 is 0 Å². The zero-order valence-electron chi connectivity index (χ0n) is 11.0. The van der Waals surface area contributed by atoms with Crippen molar-refractivity contribution in [3.8, 4) is 0 Å². The molecule has 0 atom stereocenters. The number of anilines is 1. The maximum Gasteiger partial charge on any atom is 0.338 e. The van der Waals surface area contributed by atoms with E-state index in [4.69, 9.17) is 4.74 Å². The zero-order chi connectivity index (χ0) is 13.2. The summed E-state index contributed by atoms with van der Waals surface area (Å²) in [6.45, 7) is 2.22. The first-order valence-electron chi connectivity index (χ1n) is 6.75. The lowest BCUT2D eigenvalue weighted by Gasteiger charge is -2.12. The first-order chi connectivity index (χ1) is 9.29. The van der Waals surface area contributed by atoms with Crippen molar-refractivity contribution in [3.63, 3.8) is 0 Å². The fourth-order valence-corrected chi connectivity index (χ4v) is 2.26.